The van der Waals surface area contributed by atoms with Crippen molar-refractivity contribution in [1.82, 2.24) is 4.98 Å². The fourth-order valence-corrected chi connectivity index (χ4v) is 1.89. The molecule has 0 aliphatic rings. The lowest BCUT2D eigenvalue weighted by molar-refractivity contribution is 0.103. The van der Waals surface area contributed by atoms with Crippen molar-refractivity contribution in [2.75, 3.05) is 7.11 Å². The van der Waals surface area contributed by atoms with E-state index in [1.807, 2.05) is 6.92 Å². The predicted octanol–water partition coefficient (Wildman–Crippen LogP) is 3.02. The van der Waals surface area contributed by atoms with E-state index in [2.05, 4.69) is 4.98 Å². The third-order valence-electron chi connectivity index (χ3n) is 2.94. The van der Waals surface area contributed by atoms with Crippen LogP contribution in [0, 0.1) is 5.82 Å². The quantitative estimate of drug-likeness (QED) is 0.792. The average Bonchev–Trinajstić information content (AvgIpc) is 2.46. The van der Waals surface area contributed by atoms with Gasteiger partial charge in [0.05, 0.1) is 7.11 Å². The number of methoxy groups -OCH3 is 1. The Hall–Kier alpha value is -2.23. The molecular weight excluding hydrogens is 245 g/mol. The number of aromatic nitrogens is 1. The summed E-state index contributed by atoms with van der Waals surface area (Å²) in [7, 11) is 1.39. The van der Waals surface area contributed by atoms with Gasteiger partial charge in [0.2, 0.25) is 0 Å². The smallest absolute Gasteiger partial charge is 0.193 e. The predicted molar refractivity (Wildman–Crippen MR) is 70.0 cm³/mol. The molecule has 0 bridgehead atoms. The van der Waals surface area contributed by atoms with Gasteiger partial charge in [0.15, 0.2) is 17.3 Å². The summed E-state index contributed by atoms with van der Waals surface area (Å²) in [6.45, 7) is 1.95. The Kier molecular flexibility index (Phi) is 3.90. The Balaban J connectivity index is 2.41. The number of hydrogen-bond donors (Lipinski definition) is 0. The van der Waals surface area contributed by atoms with E-state index in [1.165, 1.54) is 19.2 Å². The van der Waals surface area contributed by atoms with Gasteiger partial charge in [-0.15, -0.1) is 0 Å². The van der Waals surface area contributed by atoms with E-state index < -0.39 is 5.82 Å². The first-order valence-electron chi connectivity index (χ1n) is 5.98. The first kappa shape index (κ1) is 13.2. The number of ketones is 1. The first-order chi connectivity index (χ1) is 9.17. The van der Waals surface area contributed by atoms with E-state index in [-0.39, 0.29) is 11.5 Å². The summed E-state index contributed by atoms with van der Waals surface area (Å²) in [4.78, 5) is 16.3. The number of rotatable bonds is 4. The highest BCUT2D eigenvalue weighted by Gasteiger charge is 2.14. The molecule has 0 N–H and O–H groups in total. The Bertz CT molecular complexity index is 611. The van der Waals surface area contributed by atoms with E-state index in [4.69, 9.17) is 4.74 Å². The molecule has 2 rings (SSSR count). The largest absolute Gasteiger partial charge is 0.494 e. The number of hydrogen-bond acceptors (Lipinski definition) is 3. The van der Waals surface area contributed by atoms with Gasteiger partial charge in [0.1, 0.15) is 0 Å². The molecule has 0 radical (unpaired) electrons. The lowest BCUT2D eigenvalue weighted by Crippen LogP contribution is -2.06. The number of ether oxygens (including phenoxy) is 1. The maximum atomic E-state index is 13.6. The average molecular weight is 259 g/mol. The summed E-state index contributed by atoms with van der Waals surface area (Å²) in [5, 5.41) is 0. The highest BCUT2D eigenvalue weighted by molar-refractivity contribution is 6.09. The van der Waals surface area contributed by atoms with Crippen LogP contribution >= 0.6 is 0 Å². The maximum absolute atomic E-state index is 13.6. The van der Waals surface area contributed by atoms with Crippen molar-refractivity contribution in [2.45, 2.75) is 13.3 Å². The van der Waals surface area contributed by atoms with Crippen molar-refractivity contribution in [3.8, 4) is 5.75 Å². The second-order valence-corrected chi connectivity index (χ2v) is 4.06. The van der Waals surface area contributed by atoms with Crippen LogP contribution in [-0.2, 0) is 6.42 Å². The Morgan fingerprint density at radius 2 is 2.16 bits per heavy atom. The van der Waals surface area contributed by atoms with E-state index in [0.29, 0.717) is 17.5 Å². The molecule has 0 saturated carbocycles. The van der Waals surface area contributed by atoms with Crippen LogP contribution in [0.3, 0.4) is 0 Å². The molecule has 0 unspecified atom stereocenters. The number of halogens is 1. The van der Waals surface area contributed by atoms with Crippen LogP contribution in [0.4, 0.5) is 4.39 Å². The number of nitrogens with zero attached hydrogens (tertiary/aromatic N) is 1. The van der Waals surface area contributed by atoms with Crippen LogP contribution in [0.1, 0.15) is 28.4 Å². The van der Waals surface area contributed by atoms with Gasteiger partial charge >= 0.3 is 0 Å². The number of carbonyl (C=O) groups excluding carboxylic acids is 1. The topological polar surface area (TPSA) is 39.2 Å². The maximum Gasteiger partial charge on any atom is 0.193 e. The monoisotopic (exact) mass is 259 g/mol. The Labute approximate surface area is 111 Å². The normalized spacial score (nSPS) is 10.3. The zero-order valence-electron chi connectivity index (χ0n) is 10.8. The summed E-state index contributed by atoms with van der Waals surface area (Å²) >= 11 is 0. The first-order valence-corrected chi connectivity index (χ1v) is 5.98. The molecule has 98 valence electrons. The molecule has 0 amide bonds. The molecule has 3 nitrogen and oxygen atoms in total. The standard InChI is InChI=1S/C15H14FNO2/c1-3-10-9-17-7-6-12(10)15(18)11-4-5-14(19-2)13(16)8-11/h4-9H,3H2,1-2H3. The summed E-state index contributed by atoms with van der Waals surface area (Å²) in [6, 6.07) is 5.86. The molecular formula is C15H14FNO2. The molecule has 1 aromatic carbocycles. The van der Waals surface area contributed by atoms with Gasteiger partial charge in [-0.25, -0.2) is 4.39 Å². The summed E-state index contributed by atoms with van der Waals surface area (Å²) in [5.41, 5.74) is 1.71. The molecule has 2 aromatic rings. The van der Waals surface area contributed by atoms with Crippen LogP contribution < -0.4 is 4.74 Å². The van der Waals surface area contributed by atoms with Crippen LogP contribution in [-0.4, -0.2) is 17.9 Å². The van der Waals surface area contributed by atoms with Crippen molar-refractivity contribution in [3.05, 3.63) is 59.2 Å². The number of benzene rings is 1. The molecule has 0 atom stereocenters. The summed E-state index contributed by atoms with van der Waals surface area (Å²) in [6.07, 6.45) is 3.92. The molecule has 1 aromatic heterocycles. The zero-order valence-corrected chi connectivity index (χ0v) is 10.8. The lowest BCUT2D eigenvalue weighted by Gasteiger charge is -2.07. The van der Waals surface area contributed by atoms with Crippen LogP contribution in [0.25, 0.3) is 0 Å². The highest BCUT2D eigenvalue weighted by Crippen LogP contribution is 2.21. The fourth-order valence-electron chi connectivity index (χ4n) is 1.89. The molecule has 4 heteroatoms. The van der Waals surface area contributed by atoms with Crippen molar-refractivity contribution < 1.29 is 13.9 Å². The van der Waals surface area contributed by atoms with Crippen molar-refractivity contribution >= 4 is 5.78 Å². The summed E-state index contributed by atoms with van der Waals surface area (Å²) < 4.78 is 18.5. The van der Waals surface area contributed by atoms with Gasteiger partial charge in [-0.3, -0.25) is 9.78 Å². The Morgan fingerprint density at radius 3 is 2.79 bits per heavy atom. The Morgan fingerprint density at radius 1 is 1.37 bits per heavy atom. The third-order valence-corrected chi connectivity index (χ3v) is 2.94. The molecule has 0 fully saturated rings. The third kappa shape index (κ3) is 2.62. The van der Waals surface area contributed by atoms with Gasteiger partial charge in [-0.2, -0.15) is 0 Å². The van der Waals surface area contributed by atoms with E-state index >= 15 is 0 Å². The van der Waals surface area contributed by atoms with Gasteiger partial charge in [0.25, 0.3) is 0 Å². The number of aryl methyl sites for hydroxylation is 1. The van der Waals surface area contributed by atoms with Crippen LogP contribution in [0.5, 0.6) is 5.75 Å². The number of pyridine rings is 1. The van der Waals surface area contributed by atoms with Crippen molar-refractivity contribution in [1.29, 1.82) is 0 Å². The minimum Gasteiger partial charge on any atom is -0.494 e. The van der Waals surface area contributed by atoms with Crippen molar-refractivity contribution in [3.63, 3.8) is 0 Å². The van der Waals surface area contributed by atoms with Crippen molar-refractivity contribution in [2.24, 2.45) is 0 Å². The number of carbonyl (C=O) groups is 1. The van der Waals surface area contributed by atoms with Gasteiger partial charge in [0, 0.05) is 23.5 Å². The minimum absolute atomic E-state index is 0.127. The van der Waals surface area contributed by atoms with Crippen LogP contribution in [0.15, 0.2) is 36.7 Å². The van der Waals surface area contributed by atoms with Crippen LogP contribution in [0.2, 0.25) is 0 Å². The van der Waals surface area contributed by atoms with Gasteiger partial charge in [-0.1, -0.05) is 6.92 Å². The highest BCUT2D eigenvalue weighted by atomic mass is 19.1. The SMILES string of the molecule is CCc1cnccc1C(=O)c1ccc(OC)c(F)c1. The van der Waals surface area contributed by atoms with Gasteiger partial charge in [-0.05, 0) is 36.2 Å². The second kappa shape index (κ2) is 5.61. The molecule has 0 aliphatic heterocycles. The van der Waals surface area contributed by atoms with E-state index in [1.54, 1.807) is 24.5 Å². The van der Waals surface area contributed by atoms with Gasteiger partial charge < -0.3 is 4.74 Å². The molecule has 19 heavy (non-hydrogen) atoms. The zero-order chi connectivity index (χ0) is 13.8. The second-order valence-electron chi connectivity index (χ2n) is 4.06. The van der Waals surface area contributed by atoms with E-state index in [0.717, 1.165) is 5.56 Å². The molecule has 0 spiro atoms. The molecule has 0 saturated heterocycles. The fraction of sp³-hybridized carbons (Fsp3) is 0.200. The minimum atomic E-state index is -0.541. The molecule has 0 aliphatic carbocycles. The summed E-state index contributed by atoms with van der Waals surface area (Å²) in [5.74, 6) is -0.622. The molecule has 1 heterocycles. The lowest BCUT2D eigenvalue weighted by atomic mass is 9.99. The van der Waals surface area contributed by atoms with E-state index in [9.17, 15) is 9.18 Å².